The molecule has 0 saturated heterocycles. The third-order valence-electron chi connectivity index (χ3n) is 2.37. The van der Waals surface area contributed by atoms with Crippen LogP contribution in [0.2, 0.25) is 0 Å². The fraction of sp³-hybridized carbons (Fsp3) is 0.273. The van der Waals surface area contributed by atoms with Crippen LogP contribution in [0.4, 0.5) is 5.69 Å². The fourth-order valence-corrected chi connectivity index (χ4v) is 1.75. The predicted octanol–water partition coefficient (Wildman–Crippen LogP) is 1.84. The zero-order valence-corrected chi connectivity index (χ0v) is 8.00. The van der Waals surface area contributed by atoms with E-state index in [9.17, 15) is 9.90 Å². The van der Waals surface area contributed by atoms with Gasteiger partial charge in [-0.05, 0) is 36.1 Å². The summed E-state index contributed by atoms with van der Waals surface area (Å²) in [6, 6.07) is 5.57. The Hall–Kier alpha value is -1.35. The number of hydrogen-bond acceptors (Lipinski definition) is 2. The summed E-state index contributed by atoms with van der Waals surface area (Å²) in [6.45, 7) is 1.48. The Morgan fingerprint density at radius 3 is 2.93 bits per heavy atom. The van der Waals surface area contributed by atoms with E-state index >= 15 is 0 Å². The minimum Gasteiger partial charge on any atom is -0.382 e. The molecule has 1 aromatic rings. The highest BCUT2D eigenvalue weighted by Gasteiger charge is 2.21. The van der Waals surface area contributed by atoms with Gasteiger partial charge in [0, 0.05) is 12.6 Å². The number of carbonyl (C=O) groups excluding carboxylic acids is 1. The van der Waals surface area contributed by atoms with E-state index in [-0.39, 0.29) is 5.91 Å². The van der Waals surface area contributed by atoms with Crippen LogP contribution in [0, 0.1) is 6.10 Å². The van der Waals surface area contributed by atoms with Crippen molar-refractivity contribution >= 4 is 11.6 Å². The van der Waals surface area contributed by atoms with Crippen LogP contribution >= 0.6 is 0 Å². The molecule has 0 unspecified atom stereocenters. The first-order valence-electron chi connectivity index (χ1n) is 4.62. The topological polar surface area (TPSA) is 49.3 Å². The largest absolute Gasteiger partial charge is 0.382 e. The first-order valence-corrected chi connectivity index (χ1v) is 4.62. The summed E-state index contributed by atoms with van der Waals surface area (Å²) in [5.41, 5.74) is 2.82. The number of aliphatic hydroxyl groups excluding tert-OH is 1. The molecular formula is C11H12NO2. The van der Waals surface area contributed by atoms with Gasteiger partial charge in [0.05, 0.1) is 0 Å². The molecule has 2 rings (SSSR count). The van der Waals surface area contributed by atoms with Crippen LogP contribution in [0.25, 0.3) is 0 Å². The Labute approximate surface area is 82.8 Å². The number of amides is 1. The van der Waals surface area contributed by atoms with Gasteiger partial charge in [0.25, 0.3) is 0 Å². The first-order chi connectivity index (χ1) is 6.66. The van der Waals surface area contributed by atoms with Gasteiger partial charge < -0.3 is 10.4 Å². The summed E-state index contributed by atoms with van der Waals surface area (Å²) in [4.78, 5) is 10.8. The molecule has 3 nitrogen and oxygen atoms in total. The van der Waals surface area contributed by atoms with Crippen molar-refractivity contribution < 1.29 is 9.90 Å². The van der Waals surface area contributed by atoms with Gasteiger partial charge in [-0.2, -0.15) is 0 Å². The Morgan fingerprint density at radius 1 is 1.43 bits per heavy atom. The number of aliphatic hydroxyl groups is 1. The second-order valence-electron chi connectivity index (χ2n) is 3.50. The van der Waals surface area contributed by atoms with Crippen molar-refractivity contribution in [1.29, 1.82) is 0 Å². The maximum Gasteiger partial charge on any atom is 0.221 e. The number of aryl methyl sites for hydroxylation is 1. The van der Waals surface area contributed by atoms with Crippen molar-refractivity contribution in [3.63, 3.8) is 0 Å². The van der Waals surface area contributed by atoms with Crippen LogP contribution in [0.5, 0.6) is 0 Å². The summed E-state index contributed by atoms with van der Waals surface area (Å²) in [6.07, 6.45) is 2.02. The molecule has 14 heavy (non-hydrogen) atoms. The lowest BCUT2D eigenvalue weighted by Crippen LogP contribution is -2.06. The standard InChI is InChI=1S/C11H12NO2/c1-7(13)12-9-3-4-10-8(6-9)2-5-11(10)14/h3-4,6,14H,2,5H2,1H3,(H,12,13). The summed E-state index contributed by atoms with van der Waals surface area (Å²) < 4.78 is 0. The van der Waals surface area contributed by atoms with Gasteiger partial charge in [-0.15, -0.1) is 0 Å². The predicted molar refractivity (Wildman–Crippen MR) is 53.3 cm³/mol. The molecule has 0 atom stereocenters. The van der Waals surface area contributed by atoms with Crippen molar-refractivity contribution in [1.82, 2.24) is 0 Å². The monoisotopic (exact) mass is 190 g/mol. The summed E-state index contributed by atoms with van der Waals surface area (Å²) in [7, 11) is 0. The minimum absolute atomic E-state index is 0.0730. The number of fused-ring (bicyclic) bond motifs is 1. The van der Waals surface area contributed by atoms with Crippen molar-refractivity contribution in [2.24, 2.45) is 0 Å². The molecule has 1 amide bonds. The molecule has 2 N–H and O–H groups in total. The number of anilines is 1. The average Bonchev–Trinajstić information content (AvgIpc) is 2.46. The molecule has 1 aliphatic carbocycles. The van der Waals surface area contributed by atoms with Crippen molar-refractivity contribution in [3.8, 4) is 0 Å². The lowest BCUT2D eigenvalue weighted by Gasteiger charge is -2.06. The number of benzene rings is 1. The van der Waals surface area contributed by atoms with E-state index in [1.807, 2.05) is 18.2 Å². The molecule has 0 saturated carbocycles. The Balaban J connectivity index is 2.28. The van der Waals surface area contributed by atoms with Crippen LogP contribution in [-0.4, -0.2) is 11.0 Å². The molecule has 0 fully saturated rings. The molecule has 1 aliphatic rings. The Bertz CT molecular complexity index is 374. The van der Waals surface area contributed by atoms with Gasteiger partial charge >= 0.3 is 0 Å². The maximum absolute atomic E-state index is 10.8. The molecule has 0 aromatic heterocycles. The number of nitrogens with one attached hydrogen (secondary N) is 1. The molecule has 0 spiro atoms. The van der Waals surface area contributed by atoms with Gasteiger partial charge in [-0.1, -0.05) is 6.07 Å². The van der Waals surface area contributed by atoms with Crippen molar-refractivity contribution in [3.05, 3.63) is 35.4 Å². The second-order valence-corrected chi connectivity index (χ2v) is 3.50. The highest BCUT2D eigenvalue weighted by Crippen LogP contribution is 2.31. The van der Waals surface area contributed by atoms with Crippen LogP contribution in [0.3, 0.4) is 0 Å². The van der Waals surface area contributed by atoms with E-state index in [1.54, 1.807) is 0 Å². The summed E-state index contributed by atoms with van der Waals surface area (Å²) in [5, 5.41) is 12.2. The summed E-state index contributed by atoms with van der Waals surface area (Å²) in [5.74, 6) is -0.0730. The average molecular weight is 190 g/mol. The Morgan fingerprint density at radius 2 is 2.21 bits per heavy atom. The molecule has 0 bridgehead atoms. The second kappa shape index (κ2) is 3.42. The third kappa shape index (κ3) is 1.63. The molecule has 0 heterocycles. The smallest absolute Gasteiger partial charge is 0.221 e. The highest BCUT2D eigenvalue weighted by molar-refractivity contribution is 5.88. The fourth-order valence-electron chi connectivity index (χ4n) is 1.75. The van der Waals surface area contributed by atoms with Gasteiger partial charge in [-0.25, -0.2) is 0 Å². The molecule has 3 heteroatoms. The SMILES string of the molecule is CC(=O)Nc1ccc2c(c1)CC[C]2O. The van der Waals surface area contributed by atoms with Gasteiger partial charge in [0.2, 0.25) is 5.91 Å². The Kier molecular flexibility index (Phi) is 2.25. The zero-order chi connectivity index (χ0) is 10.1. The van der Waals surface area contributed by atoms with E-state index in [4.69, 9.17) is 0 Å². The van der Waals surface area contributed by atoms with E-state index in [1.165, 1.54) is 6.92 Å². The molecule has 0 aliphatic heterocycles. The van der Waals surface area contributed by atoms with Gasteiger partial charge in [0.15, 0.2) is 0 Å². The zero-order valence-electron chi connectivity index (χ0n) is 8.00. The first kappa shape index (κ1) is 9.21. The summed E-state index contributed by atoms with van der Waals surface area (Å²) >= 11 is 0. The molecule has 1 aromatic carbocycles. The molecule has 1 radical (unpaired) electrons. The van der Waals surface area contributed by atoms with Gasteiger partial charge in [-0.3, -0.25) is 4.79 Å². The van der Waals surface area contributed by atoms with Crippen LogP contribution in [0.15, 0.2) is 18.2 Å². The van der Waals surface area contributed by atoms with E-state index < -0.39 is 0 Å². The number of rotatable bonds is 1. The van der Waals surface area contributed by atoms with E-state index in [0.717, 1.165) is 23.2 Å². The number of hydrogen-bond donors (Lipinski definition) is 2. The maximum atomic E-state index is 10.8. The highest BCUT2D eigenvalue weighted by atomic mass is 16.3. The third-order valence-corrected chi connectivity index (χ3v) is 2.37. The lowest BCUT2D eigenvalue weighted by atomic mass is 10.1. The van der Waals surface area contributed by atoms with Crippen LogP contribution in [0.1, 0.15) is 24.5 Å². The molecular weight excluding hydrogens is 178 g/mol. The van der Waals surface area contributed by atoms with Crippen LogP contribution in [-0.2, 0) is 11.2 Å². The van der Waals surface area contributed by atoms with E-state index in [2.05, 4.69) is 5.32 Å². The van der Waals surface area contributed by atoms with E-state index in [0.29, 0.717) is 12.5 Å². The van der Waals surface area contributed by atoms with Crippen molar-refractivity contribution in [2.45, 2.75) is 19.8 Å². The normalized spacial score (nSPS) is 15.3. The minimum atomic E-state index is -0.0730. The molecule has 73 valence electrons. The lowest BCUT2D eigenvalue weighted by molar-refractivity contribution is -0.114. The quantitative estimate of drug-likeness (QED) is 0.710. The van der Waals surface area contributed by atoms with Crippen molar-refractivity contribution in [2.75, 3.05) is 5.32 Å². The van der Waals surface area contributed by atoms with Crippen LogP contribution < -0.4 is 5.32 Å². The van der Waals surface area contributed by atoms with Gasteiger partial charge in [0.1, 0.15) is 6.10 Å². The number of carbonyl (C=O) groups is 1.